The van der Waals surface area contributed by atoms with Crippen LogP contribution in [0.25, 0.3) is 0 Å². The molecule has 0 aliphatic heterocycles. The molecule has 0 radical (unpaired) electrons. The molecular formula is C26H31ClN2O2S. The third-order valence-corrected chi connectivity index (χ3v) is 7.68. The molecular weight excluding hydrogens is 440 g/mol. The first kappa shape index (κ1) is 24.1. The lowest BCUT2D eigenvalue weighted by Crippen LogP contribution is -2.30. The summed E-state index contributed by atoms with van der Waals surface area (Å²) < 4.78 is 28.8. The van der Waals surface area contributed by atoms with Crippen LogP contribution in [-0.4, -0.2) is 21.5 Å². The Hall–Kier alpha value is -2.50. The van der Waals surface area contributed by atoms with Gasteiger partial charge in [0.05, 0.1) is 17.1 Å². The monoisotopic (exact) mass is 470 g/mol. The molecule has 3 aromatic carbocycles. The van der Waals surface area contributed by atoms with E-state index in [0.717, 1.165) is 29.9 Å². The highest BCUT2D eigenvalue weighted by Gasteiger charge is 2.25. The zero-order valence-corrected chi connectivity index (χ0v) is 20.7. The molecule has 0 amide bonds. The van der Waals surface area contributed by atoms with Gasteiger partial charge in [0.15, 0.2) is 0 Å². The van der Waals surface area contributed by atoms with Crippen LogP contribution in [0.15, 0.2) is 77.7 Å². The van der Waals surface area contributed by atoms with Gasteiger partial charge in [-0.1, -0.05) is 49.7 Å². The molecule has 0 unspecified atom stereocenters. The number of nitrogens with zero attached hydrogens (tertiary/aromatic N) is 2. The number of benzene rings is 3. The van der Waals surface area contributed by atoms with Crippen molar-refractivity contribution in [1.82, 2.24) is 0 Å². The zero-order chi connectivity index (χ0) is 23.3. The van der Waals surface area contributed by atoms with Gasteiger partial charge in [-0.3, -0.25) is 4.31 Å². The SMILES string of the molecule is CCN(CC)c1ccc(CN(c2ccc(Cl)cc2)S(=O)(=O)c2ccc(C(C)C)cc2)cc1. The van der Waals surface area contributed by atoms with Crippen molar-refractivity contribution in [3.8, 4) is 0 Å². The minimum atomic E-state index is -3.76. The summed E-state index contributed by atoms with van der Waals surface area (Å²) >= 11 is 6.06. The third-order valence-electron chi connectivity index (χ3n) is 5.64. The molecule has 0 N–H and O–H groups in total. The van der Waals surface area contributed by atoms with E-state index in [1.807, 2.05) is 36.4 Å². The van der Waals surface area contributed by atoms with Crippen LogP contribution >= 0.6 is 11.6 Å². The molecule has 170 valence electrons. The zero-order valence-electron chi connectivity index (χ0n) is 19.1. The summed E-state index contributed by atoms with van der Waals surface area (Å²) in [7, 11) is -3.76. The van der Waals surface area contributed by atoms with Crippen molar-refractivity contribution in [2.45, 2.75) is 45.1 Å². The molecule has 0 fully saturated rings. The normalized spacial score (nSPS) is 11.6. The number of anilines is 2. The average molecular weight is 471 g/mol. The summed E-state index contributed by atoms with van der Waals surface area (Å²) in [5.74, 6) is 0.337. The predicted octanol–water partition coefficient (Wildman–Crippen LogP) is 6.71. The second-order valence-corrected chi connectivity index (χ2v) is 10.3. The third kappa shape index (κ3) is 5.45. The Bertz CT molecular complexity index is 1110. The number of sulfonamides is 1. The Morgan fingerprint density at radius 3 is 1.81 bits per heavy atom. The summed E-state index contributed by atoms with van der Waals surface area (Å²) in [6.45, 7) is 10.5. The molecule has 32 heavy (non-hydrogen) atoms. The quantitative estimate of drug-likeness (QED) is 0.349. The van der Waals surface area contributed by atoms with Gasteiger partial charge in [0.1, 0.15) is 0 Å². The van der Waals surface area contributed by atoms with Gasteiger partial charge in [-0.25, -0.2) is 8.42 Å². The molecule has 0 aromatic heterocycles. The van der Waals surface area contributed by atoms with Gasteiger partial charge in [0.2, 0.25) is 0 Å². The smallest absolute Gasteiger partial charge is 0.264 e. The van der Waals surface area contributed by atoms with Crippen LogP contribution < -0.4 is 9.21 Å². The van der Waals surface area contributed by atoms with Gasteiger partial charge < -0.3 is 4.90 Å². The Morgan fingerprint density at radius 1 is 0.781 bits per heavy atom. The first-order chi connectivity index (χ1) is 15.3. The van der Waals surface area contributed by atoms with Crippen LogP contribution in [0.3, 0.4) is 0 Å². The standard InChI is InChI=1S/C26H31ClN2O2S/c1-5-28(6-2)24-13-7-21(8-14-24)19-29(25-15-11-23(27)12-16-25)32(30,31)26-17-9-22(10-18-26)20(3)4/h7-18,20H,5-6,19H2,1-4H3. The van der Waals surface area contributed by atoms with Crippen molar-refractivity contribution in [1.29, 1.82) is 0 Å². The maximum atomic E-state index is 13.7. The lowest BCUT2D eigenvalue weighted by atomic mass is 10.0. The van der Waals surface area contributed by atoms with Crippen LogP contribution in [0.5, 0.6) is 0 Å². The van der Waals surface area contributed by atoms with Gasteiger partial charge in [0, 0.05) is 23.8 Å². The molecule has 6 heteroatoms. The molecule has 0 aliphatic rings. The van der Waals surface area contributed by atoms with Crippen molar-refractivity contribution in [2.24, 2.45) is 0 Å². The number of hydrogen-bond donors (Lipinski definition) is 0. The molecule has 0 atom stereocenters. The van der Waals surface area contributed by atoms with Gasteiger partial charge in [-0.2, -0.15) is 0 Å². The van der Waals surface area contributed by atoms with E-state index in [2.05, 4.69) is 32.6 Å². The molecule has 0 saturated carbocycles. The number of hydrogen-bond acceptors (Lipinski definition) is 3. The van der Waals surface area contributed by atoms with E-state index in [1.54, 1.807) is 36.4 Å². The minimum Gasteiger partial charge on any atom is -0.372 e. The lowest BCUT2D eigenvalue weighted by molar-refractivity contribution is 0.590. The fourth-order valence-corrected chi connectivity index (χ4v) is 5.22. The van der Waals surface area contributed by atoms with Gasteiger partial charge in [-0.15, -0.1) is 0 Å². The molecule has 4 nitrogen and oxygen atoms in total. The summed E-state index contributed by atoms with van der Waals surface area (Å²) in [4.78, 5) is 2.53. The van der Waals surface area contributed by atoms with E-state index in [1.165, 1.54) is 4.31 Å². The summed E-state index contributed by atoms with van der Waals surface area (Å²) in [6.07, 6.45) is 0. The first-order valence-corrected chi connectivity index (χ1v) is 12.8. The van der Waals surface area contributed by atoms with E-state index in [0.29, 0.717) is 16.6 Å². The number of rotatable bonds is 9. The van der Waals surface area contributed by atoms with Crippen LogP contribution in [0.4, 0.5) is 11.4 Å². The van der Waals surface area contributed by atoms with E-state index in [-0.39, 0.29) is 11.4 Å². The Morgan fingerprint density at radius 2 is 1.31 bits per heavy atom. The highest BCUT2D eigenvalue weighted by molar-refractivity contribution is 7.92. The maximum absolute atomic E-state index is 13.7. The minimum absolute atomic E-state index is 0.231. The van der Waals surface area contributed by atoms with Crippen LogP contribution in [-0.2, 0) is 16.6 Å². The molecule has 0 spiro atoms. The summed E-state index contributed by atoms with van der Waals surface area (Å²) in [6, 6.07) is 22.1. The van der Waals surface area contributed by atoms with Crippen molar-refractivity contribution >= 4 is 33.0 Å². The Balaban J connectivity index is 1.98. The number of halogens is 1. The second-order valence-electron chi connectivity index (χ2n) is 8.05. The summed E-state index contributed by atoms with van der Waals surface area (Å²) in [5.41, 5.74) is 3.73. The Kier molecular flexibility index (Phi) is 7.86. The van der Waals surface area contributed by atoms with Crippen molar-refractivity contribution < 1.29 is 8.42 Å². The summed E-state index contributed by atoms with van der Waals surface area (Å²) in [5, 5.41) is 0.566. The van der Waals surface area contributed by atoms with Crippen molar-refractivity contribution in [3.63, 3.8) is 0 Å². The van der Waals surface area contributed by atoms with Crippen LogP contribution in [0.2, 0.25) is 5.02 Å². The van der Waals surface area contributed by atoms with Gasteiger partial charge in [0.25, 0.3) is 10.0 Å². The fraction of sp³-hybridized carbons (Fsp3) is 0.308. The highest BCUT2D eigenvalue weighted by Crippen LogP contribution is 2.29. The van der Waals surface area contributed by atoms with E-state index >= 15 is 0 Å². The van der Waals surface area contributed by atoms with Crippen LogP contribution in [0.1, 0.15) is 44.7 Å². The topological polar surface area (TPSA) is 40.6 Å². The Labute approximate surface area is 197 Å². The molecule has 0 bridgehead atoms. The van der Waals surface area contributed by atoms with E-state index < -0.39 is 10.0 Å². The fourth-order valence-electron chi connectivity index (χ4n) is 3.64. The maximum Gasteiger partial charge on any atom is 0.264 e. The van der Waals surface area contributed by atoms with E-state index in [9.17, 15) is 8.42 Å². The predicted molar refractivity (Wildman–Crippen MR) is 135 cm³/mol. The molecule has 0 saturated heterocycles. The first-order valence-electron chi connectivity index (χ1n) is 11.0. The highest BCUT2D eigenvalue weighted by atomic mass is 35.5. The van der Waals surface area contributed by atoms with Gasteiger partial charge in [-0.05, 0) is 79.4 Å². The molecule has 3 aromatic rings. The van der Waals surface area contributed by atoms with E-state index in [4.69, 9.17) is 11.6 Å². The largest absolute Gasteiger partial charge is 0.372 e. The van der Waals surface area contributed by atoms with Crippen LogP contribution in [0, 0.1) is 0 Å². The van der Waals surface area contributed by atoms with Gasteiger partial charge >= 0.3 is 0 Å². The lowest BCUT2D eigenvalue weighted by Gasteiger charge is -2.26. The molecule has 0 aliphatic carbocycles. The molecule has 0 heterocycles. The second kappa shape index (κ2) is 10.4. The van der Waals surface area contributed by atoms with Crippen molar-refractivity contribution in [3.05, 3.63) is 88.9 Å². The average Bonchev–Trinajstić information content (AvgIpc) is 2.80. The molecule has 3 rings (SSSR count). The van der Waals surface area contributed by atoms with Crippen molar-refractivity contribution in [2.75, 3.05) is 22.3 Å².